The van der Waals surface area contributed by atoms with E-state index in [4.69, 9.17) is 4.74 Å². The highest BCUT2D eigenvalue weighted by Gasteiger charge is 2.54. The van der Waals surface area contributed by atoms with Crippen LogP contribution >= 0.6 is 0 Å². The molecule has 1 N–H and O–H groups in total. The number of rotatable bonds is 3. The van der Waals surface area contributed by atoms with Crippen LogP contribution in [0, 0.1) is 13.0 Å². The Bertz CT molecular complexity index is 544. The molecule has 1 unspecified atom stereocenters. The minimum Gasteiger partial charge on any atom is -0.378 e. The molecule has 1 saturated heterocycles. The summed E-state index contributed by atoms with van der Waals surface area (Å²) in [6, 6.07) is 17.2. The predicted molar refractivity (Wildman–Crippen MR) is 69.3 cm³/mol. The normalized spacial score (nSPS) is 22.2. The van der Waals surface area contributed by atoms with Gasteiger partial charge >= 0.3 is 0 Å². The van der Waals surface area contributed by atoms with Gasteiger partial charge in [-0.2, -0.15) is 0 Å². The second-order valence-electron chi connectivity index (χ2n) is 4.49. The first-order valence-corrected chi connectivity index (χ1v) is 5.91. The third-order valence-electron chi connectivity index (χ3n) is 3.32. The van der Waals surface area contributed by atoms with E-state index in [9.17, 15) is 5.11 Å². The lowest BCUT2D eigenvalue weighted by Crippen LogP contribution is -2.22. The molecule has 2 nitrogen and oxygen atoms in total. The quantitative estimate of drug-likeness (QED) is 0.834. The highest BCUT2D eigenvalue weighted by molar-refractivity contribution is 5.46. The van der Waals surface area contributed by atoms with Gasteiger partial charge in [-0.05, 0) is 23.6 Å². The van der Waals surface area contributed by atoms with Crippen molar-refractivity contribution in [3.63, 3.8) is 0 Å². The number of hydrogen-bond acceptors (Lipinski definition) is 2. The molecule has 3 rings (SSSR count). The maximum absolute atomic E-state index is 10.5. The summed E-state index contributed by atoms with van der Waals surface area (Å²) in [5.41, 5.74) is 1.92. The maximum atomic E-state index is 10.5. The zero-order valence-corrected chi connectivity index (χ0v) is 9.97. The highest BCUT2D eigenvalue weighted by Crippen LogP contribution is 2.49. The average molecular weight is 238 g/mol. The molecular formula is C16H14O2. The van der Waals surface area contributed by atoms with Crippen molar-refractivity contribution in [2.45, 2.75) is 5.60 Å². The Morgan fingerprint density at radius 2 is 1.67 bits per heavy atom. The van der Waals surface area contributed by atoms with Crippen LogP contribution in [0.1, 0.15) is 16.7 Å². The van der Waals surface area contributed by atoms with Gasteiger partial charge in [0.25, 0.3) is 0 Å². The number of ether oxygens (including phenoxy) is 1. The van der Waals surface area contributed by atoms with Gasteiger partial charge in [-0.15, -0.1) is 0 Å². The van der Waals surface area contributed by atoms with Gasteiger partial charge in [0, 0.05) is 0 Å². The smallest absolute Gasteiger partial charge is 0.161 e. The molecule has 0 aliphatic carbocycles. The largest absolute Gasteiger partial charge is 0.378 e. The molecule has 0 saturated carbocycles. The van der Waals surface area contributed by atoms with Crippen molar-refractivity contribution in [3.8, 4) is 0 Å². The van der Waals surface area contributed by atoms with E-state index in [0.29, 0.717) is 6.61 Å². The summed E-state index contributed by atoms with van der Waals surface area (Å²) in [4.78, 5) is 0. The lowest BCUT2D eigenvalue weighted by atomic mass is 9.87. The van der Waals surface area contributed by atoms with Crippen LogP contribution in [0.5, 0.6) is 0 Å². The first kappa shape index (κ1) is 11.5. The molecule has 2 heteroatoms. The van der Waals surface area contributed by atoms with E-state index in [-0.39, 0.29) is 6.10 Å². The van der Waals surface area contributed by atoms with Crippen molar-refractivity contribution >= 4 is 0 Å². The van der Waals surface area contributed by atoms with Crippen LogP contribution in [0.15, 0.2) is 54.6 Å². The van der Waals surface area contributed by atoms with E-state index in [1.165, 1.54) is 0 Å². The lowest BCUT2D eigenvalue weighted by molar-refractivity contribution is 0.194. The van der Waals surface area contributed by atoms with Gasteiger partial charge in [0.05, 0.1) is 6.61 Å². The van der Waals surface area contributed by atoms with Crippen molar-refractivity contribution in [1.82, 2.24) is 0 Å². The van der Waals surface area contributed by atoms with E-state index in [2.05, 4.69) is 6.92 Å². The molecule has 1 aliphatic rings. The van der Waals surface area contributed by atoms with Crippen molar-refractivity contribution < 1.29 is 9.84 Å². The fourth-order valence-corrected chi connectivity index (χ4v) is 2.24. The van der Waals surface area contributed by atoms with Crippen LogP contribution < -0.4 is 0 Å². The first-order valence-electron chi connectivity index (χ1n) is 5.91. The average Bonchev–Trinajstić information content (AvgIpc) is 3.21. The van der Waals surface area contributed by atoms with Crippen molar-refractivity contribution in [2.24, 2.45) is 0 Å². The third kappa shape index (κ3) is 1.74. The highest BCUT2D eigenvalue weighted by atomic mass is 16.6. The number of hydrogen-bond donors (Lipinski definition) is 1. The van der Waals surface area contributed by atoms with Crippen molar-refractivity contribution in [2.75, 3.05) is 6.61 Å². The SMILES string of the molecule is [CH2]c1ccccc1C1([C](O)c2ccccc2)CO1. The number of aliphatic hydroxyl groups is 1. The summed E-state index contributed by atoms with van der Waals surface area (Å²) in [5, 5.41) is 10.5. The Morgan fingerprint density at radius 3 is 2.28 bits per heavy atom. The minimum atomic E-state index is -0.695. The van der Waals surface area contributed by atoms with Gasteiger partial charge in [-0.1, -0.05) is 54.6 Å². The van der Waals surface area contributed by atoms with Gasteiger partial charge < -0.3 is 9.84 Å². The number of epoxide rings is 1. The Morgan fingerprint density at radius 1 is 1.06 bits per heavy atom. The molecule has 2 aromatic carbocycles. The summed E-state index contributed by atoms with van der Waals surface area (Å²) in [6.45, 7) is 4.50. The zero-order valence-electron chi connectivity index (χ0n) is 9.97. The first-order chi connectivity index (χ1) is 8.74. The van der Waals surface area contributed by atoms with Crippen molar-refractivity contribution in [3.05, 3.63) is 84.3 Å². The van der Waals surface area contributed by atoms with Gasteiger partial charge in [0.2, 0.25) is 0 Å². The molecule has 1 aliphatic heterocycles. The van der Waals surface area contributed by atoms with Crippen LogP contribution in [-0.4, -0.2) is 11.7 Å². The topological polar surface area (TPSA) is 32.8 Å². The number of aliphatic hydroxyl groups excluding tert-OH is 1. The second-order valence-corrected chi connectivity index (χ2v) is 4.49. The monoisotopic (exact) mass is 238 g/mol. The summed E-state index contributed by atoms with van der Waals surface area (Å²) in [5.74, 6) is 0. The molecule has 1 fully saturated rings. The van der Waals surface area contributed by atoms with Gasteiger partial charge in [-0.25, -0.2) is 0 Å². The van der Waals surface area contributed by atoms with E-state index < -0.39 is 5.60 Å². The Hall–Kier alpha value is -1.64. The Labute approximate surface area is 107 Å². The molecule has 1 heterocycles. The Balaban J connectivity index is 1.99. The molecule has 0 spiro atoms. The summed E-state index contributed by atoms with van der Waals surface area (Å²) in [6.07, 6.45) is 0.263. The fraction of sp³-hybridized carbons (Fsp3) is 0.125. The molecular weight excluding hydrogens is 224 g/mol. The lowest BCUT2D eigenvalue weighted by Gasteiger charge is -2.20. The molecule has 0 bridgehead atoms. The summed E-state index contributed by atoms with van der Waals surface area (Å²) >= 11 is 0. The standard InChI is InChI=1S/C16H14O2/c1-12-7-5-6-10-14(12)16(11-18-16)15(17)13-8-3-2-4-9-13/h2-10,17H,1,11H2. The van der Waals surface area contributed by atoms with Gasteiger partial charge in [0.15, 0.2) is 11.7 Å². The predicted octanol–water partition coefficient (Wildman–Crippen LogP) is 3.05. The van der Waals surface area contributed by atoms with E-state index in [1.54, 1.807) is 0 Å². The molecule has 0 amide bonds. The van der Waals surface area contributed by atoms with E-state index in [0.717, 1.165) is 16.7 Å². The van der Waals surface area contributed by atoms with Crippen LogP contribution in [-0.2, 0) is 10.3 Å². The molecule has 2 radical (unpaired) electrons. The van der Waals surface area contributed by atoms with Gasteiger partial charge in [0.1, 0.15) is 0 Å². The minimum absolute atomic E-state index is 0.263. The van der Waals surface area contributed by atoms with E-state index >= 15 is 0 Å². The third-order valence-corrected chi connectivity index (χ3v) is 3.32. The van der Waals surface area contributed by atoms with Crippen LogP contribution in [0.4, 0.5) is 0 Å². The second kappa shape index (κ2) is 4.23. The molecule has 1 atom stereocenters. The molecule has 18 heavy (non-hydrogen) atoms. The number of benzene rings is 2. The Kier molecular flexibility index (Phi) is 2.69. The molecule has 90 valence electrons. The van der Waals surface area contributed by atoms with Crippen LogP contribution in [0.2, 0.25) is 0 Å². The zero-order chi connectivity index (χ0) is 12.6. The summed E-state index contributed by atoms with van der Waals surface area (Å²) < 4.78 is 5.55. The molecule has 0 aromatic heterocycles. The molecule has 2 aromatic rings. The van der Waals surface area contributed by atoms with Crippen LogP contribution in [0.3, 0.4) is 0 Å². The van der Waals surface area contributed by atoms with Gasteiger partial charge in [-0.3, -0.25) is 0 Å². The maximum Gasteiger partial charge on any atom is 0.161 e. The summed E-state index contributed by atoms with van der Waals surface area (Å²) in [7, 11) is 0. The van der Waals surface area contributed by atoms with E-state index in [1.807, 2.05) is 54.6 Å². The van der Waals surface area contributed by atoms with Crippen LogP contribution in [0.25, 0.3) is 0 Å². The fourth-order valence-electron chi connectivity index (χ4n) is 2.24. The van der Waals surface area contributed by atoms with Crippen molar-refractivity contribution in [1.29, 1.82) is 0 Å².